The Labute approximate surface area is 261 Å². The molecule has 4 aliphatic rings. The third-order valence-electron chi connectivity index (χ3n) is 9.10. The maximum Gasteiger partial charge on any atom is 0.330 e. The van der Waals surface area contributed by atoms with E-state index < -0.39 is 42.3 Å². The second-order valence-corrected chi connectivity index (χ2v) is 12.1. The molecule has 3 atom stereocenters. The van der Waals surface area contributed by atoms with Crippen molar-refractivity contribution in [3.05, 3.63) is 125 Å². The van der Waals surface area contributed by atoms with Gasteiger partial charge in [0.15, 0.2) is 6.61 Å². The van der Waals surface area contributed by atoms with Crippen LogP contribution in [0, 0.1) is 17.8 Å². The number of nitrogens with zero attached hydrogens (tertiary/aromatic N) is 1. The number of esters is 1. The summed E-state index contributed by atoms with van der Waals surface area (Å²) in [6, 6.07) is 31.0. The van der Waals surface area contributed by atoms with E-state index >= 15 is 0 Å². The Bertz CT molecular complexity index is 1690. The van der Waals surface area contributed by atoms with Crippen LogP contribution in [0.2, 0.25) is 0 Å². The monoisotopic (exact) mass is 600 g/mol. The summed E-state index contributed by atoms with van der Waals surface area (Å²) in [5.74, 6) is -2.91. The molecule has 1 N–H and O–H groups in total. The summed E-state index contributed by atoms with van der Waals surface area (Å²) in [5.41, 5.74) is 4.74. The fraction of sp³-hybridized carbons (Fsp3) is 0.243. The first-order valence-electron chi connectivity index (χ1n) is 15.2. The predicted octanol–water partition coefficient (Wildman–Crippen LogP) is 5.88. The third-order valence-corrected chi connectivity index (χ3v) is 9.10. The minimum atomic E-state index is -1.15. The van der Waals surface area contributed by atoms with Crippen LogP contribution < -0.4 is 10.1 Å². The molecule has 1 fully saturated rings. The molecule has 1 aliphatic heterocycles. The molecule has 1 saturated heterocycles. The lowest BCUT2D eigenvalue weighted by Crippen LogP contribution is -2.49. The minimum absolute atomic E-state index is 0.270. The van der Waals surface area contributed by atoms with Crippen LogP contribution in [0.25, 0.3) is 0 Å². The number of anilines is 1. The number of rotatable bonds is 8. The number of hydrogen-bond donors (Lipinski definition) is 1. The Morgan fingerprint density at radius 1 is 0.689 bits per heavy atom. The number of amides is 3. The molecule has 3 aliphatic carbocycles. The molecule has 0 radical (unpaired) electrons. The van der Waals surface area contributed by atoms with E-state index in [0.717, 1.165) is 27.2 Å². The highest BCUT2D eigenvalue weighted by atomic mass is 16.5. The van der Waals surface area contributed by atoms with Crippen LogP contribution in [0.1, 0.15) is 47.9 Å². The van der Waals surface area contributed by atoms with E-state index in [1.54, 1.807) is 38.1 Å². The quantitative estimate of drug-likeness (QED) is 0.200. The maximum absolute atomic E-state index is 14.1. The van der Waals surface area contributed by atoms with Crippen molar-refractivity contribution in [2.75, 3.05) is 11.9 Å². The smallest absolute Gasteiger partial charge is 0.330 e. The zero-order valence-corrected chi connectivity index (χ0v) is 24.9. The van der Waals surface area contributed by atoms with Crippen molar-refractivity contribution >= 4 is 29.4 Å². The lowest BCUT2D eigenvalue weighted by Gasteiger charge is -2.45. The van der Waals surface area contributed by atoms with E-state index in [1.807, 2.05) is 78.9 Å². The summed E-state index contributed by atoms with van der Waals surface area (Å²) in [4.78, 5) is 55.6. The highest BCUT2D eigenvalue weighted by molar-refractivity contribution is 6.10. The van der Waals surface area contributed by atoms with Gasteiger partial charge in [-0.1, -0.05) is 80.6 Å². The Balaban J connectivity index is 1.05. The van der Waals surface area contributed by atoms with Gasteiger partial charge < -0.3 is 14.8 Å². The molecule has 45 heavy (non-hydrogen) atoms. The van der Waals surface area contributed by atoms with Gasteiger partial charge in [0.05, 0.1) is 11.8 Å². The second-order valence-electron chi connectivity index (χ2n) is 12.1. The zero-order chi connectivity index (χ0) is 31.2. The van der Waals surface area contributed by atoms with Crippen LogP contribution in [0.5, 0.6) is 11.5 Å². The van der Waals surface area contributed by atoms with Gasteiger partial charge in [-0.15, -0.1) is 0 Å². The number of ether oxygens (including phenoxy) is 2. The minimum Gasteiger partial charge on any atom is -0.457 e. The molecule has 0 unspecified atom stereocenters. The van der Waals surface area contributed by atoms with Crippen LogP contribution >= 0.6 is 0 Å². The van der Waals surface area contributed by atoms with E-state index in [2.05, 4.69) is 5.32 Å². The topological polar surface area (TPSA) is 102 Å². The van der Waals surface area contributed by atoms with Crippen molar-refractivity contribution < 1.29 is 28.7 Å². The van der Waals surface area contributed by atoms with Gasteiger partial charge in [0.2, 0.25) is 11.8 Å². The van der Waals surface area contributed by atoms with Crippen molar-refractivity contribution in [2.45, 2.75) is 31.7 Å². The maximum atomic E-state index is 14.1. The first-order valence-corrected chi connectivity index (χ1v) is 15.2. The van der Waals surface area contributed by atoms with Crippen LogP contribution in [-0.2, 0) is 23.9 Å². The van der Waals surface area contributed by atoms with Crippen LogP contribution in [-0.4, -0.2) is 41.2 Å². The lowest BCUT2D eigenvalue weighted by atomic mass is 9.55. The zero-order valence-electron chi connectivity index (χ0n) is 24.9. The fourth-order valence-electron chi connectivity index (χ4n) is 7.30. The predicted molar refractivity (Wildman–Crippen MR) is 167 cm³/mol. The van der Waals surface area contributed by atoms with Gasteiger partial charge in [0.25, 0.3) is 5.91 Å². The Hall–Kier alpha value is -5.24. The Morgan fingerprint density at radius 3 is 1.64 bits per heavy atom. The largest absolute Gasteiger partial charge is 0.457 e. The highest BCUT2D eigenvalue weighted by Crippen LogP contribution is 2.61. The van der Waals surface area contributed by atoms with Gasteiger partial charge in [-0.25, -0.2) is 4.79 Å². The van der Waals surface area contributed by atoms with E-state index in [0.29, 0.717) is 17.2 Å². The number of benzene rings is 4. The standard InChI is InChI=1S/C37H32N2O6/c1-21(2)34(37(43)44-20-29(40)38-22-16-18-24(19-17-22)45-23-10-4-3-5-11-23)39-35(41)32-30-25-12-6-7-13-26(25)31(33(32)36(39)42)28-15-9-8-14-27(28)30/h3-19,21,30-34H,20H2,1-2H3,(H,38,40)/t30?,31?,32-,33+,34-/m0/s1. The molecule has 3 amide bonds. The molecule has 4 aromatic rings. The third kappa shape index (κ3) is 4.86. The van der Waals surface area contributed by atoms with Crippen molar-refractivity contribution in [3.63, 3.8) is 0 Å². The number of carbonyl (C=O) groups is 4. The van der Waals surface area contributed by atoms with Crippen molar-refractivity contribution in [1.29, 1.82) is 0 Å². The molecule has 2 bridgehead atoms. The van der Waals surface area contributed by atoms with Gasteiger partial charge in [0.1, 0.15) is 17.5 Å². The summed E-state index contributed by atoms with van der Waals surface area (Å²) < 4.78 is 11.2. The number of carbonyl (C=O) groups excluding carboxylic acids is 4. The molecule has 8 nitrogen and oxygen atoms in total. The summed E-state index contributed by atoms with van der Waals surface area (Å²) >= 11 is 0. The van der Waals surface area contributed by atoms with E-state index in [4.69, 9.17) is 9.47 Å². The summed E-state index contributed by atoms with van der Waals surface area (Å²) in [6.07, 6.45) is 0. The van der Waals surface area contributed by atoms with Gasteiger partial charge in [-0.3, -0.25) is 19.3 Å². The summed E-state index contributed by atoms with van der Waals surface area (Å²) in [5, 5.41) is 2.71. The number of hydrogen-bond acceptors (Lipinski definition) is 6. The molecular formula is C37H32N2O6. The molecule has 0 saturated carbocycles. The van der Waals surface area contributed by atoms with Crippen molar-refractivity contribution in [3.8, 4) is 11.5 Å². The summed E-state index contributed by atoms with van der Waals surface area (Å²) in [6.45, 7) is 2.98. The first-order chi connectivity index (χ1) is 21.8. The molecule has 1 heterocycles. The number of para-hydroxylation sites is 1. The van der Waals surface area contributed by atoms with Crippen LogP contribution in [0.4, 0.5) is 5.69 Å². The van der Waals surface area contributed by atoms with E-state index in [1.165, 1.54) is 0 Å². The van der Waals surface area contributed by atoms with Crippen molar-refractivity contribution in [1.82, 2.24) is 4.90 Å². The molecule has 4 aromatic carbocycles. The molecule has 8 rings (SSSR count). The molecule has 0 aromatic heterocycles. The van der Waals surface area contributed by atoms with E-state index in [-0.39, 0.29) is 23.7 Å². The van der Waals surface area contributed by atoms with Gasteiger partial charge in [-0.2, -0.15) is 0 Å². The molecule has 0 spiro atoms. The SMILES string of the molecule is CC(C)[C@@H](C(=O)OCC(=O)Nc1ccc(Oc2ccccc2)cc1)N1C(=O)[C@@H]2C3c4ccccc4C(c4ccccc43)[C@@H]2C1=O. The fourth-order valence-corrected chi connectivity index (χ4v) is 7.30. The van der Waals surface area contributed by atoms with Gasteiger partial charge >= 0.3 is 5.97 Å². The van der Waals surface area contributed by atoms with Crippen LogP contribution in [0.3, 0.4) is 0 Å². The van der Waals surface area contributed by atoms with Gasteiger partial charge in [0, 0.05) is 17.5 Å². The Kier molecular flexibility index (Phi) is 7.20. The van der Waals surface area contributed by atoms with Gasteiger partial charge in [-0.05, 0) is 64.6 Å². The van der Waals surface area contributed by atoms with Crippen LogP contribution in [0.15, 0.2) is 103 Å². The van der Waals surface area contributed by atoms with E-state index in [9.17, 15) is 19.2 Å². The second kappa shape index (κ2) is 11.4. The molecular weight excluding hydrogens is 568 g/mol. The average molecular weight is 601 g/mol. The normalized spacial score (nSPS) is 21.5. The average Bonchev–Trinajstić information content (AvgIpc) is 3.31. The lowest BCUT2D eigenvalue weighted by molar-refractivity contribution is -0.162. The number of imide groups is 1. The molecule has 8 heteroatoms. The van der Waals surface area contributed by atoms with Crippen molar-refractivity contribution in [2.24, 2.45) is 17.8 Å². The number of nitrogens with one attached hydrogen (secondary N) is 1. The summed E-state index contributed by atoms with van der Waals surface area (Å²) in [7, 11) is 0. The first kappa shape index (κ1) is 28.5. The Morgan fingerprint density at radius 2 is 1.16 bits per heavy atom. The number of likely N-dealkylation sites (tertiary alicyclic amines) is 1. The molecule has 226 valence electrons. The highest BCUT2D eigenvalue weighted by Gasteiger charge is 2.63.